The standard InChI is InChI=1S/C21H25N3O2.HI/c1-3-22-21(23-12-11-16-7-6-9-18(25)13-16)24-15(2)20-14-17-8-4-5-10-19(17)26-20;/h4-10,13-15,25H,3,11-12H2,1-2H3,(H2,22,23,24);1H. The number of furan rings is 1. The zero-order chi connectivity index (χ0) is 18.4. The van der Waals surface area contributed by atoms with E-state index < -0.39 is 0 Å². The summed E-state index contributed by atoms with van der Waals surface area (Å²) in [5.41, 5.74) is 1.96. The number of hydrogen-bond donors (Lipinski definition) is 3. The second kappa shape index (κ2) is 10.2. The molecule has 0 saturated heterocycles. The Bertz CT molecular complexity index is 859. The van der Waals surface area contributed by atoms with Crippen LogP contribution in [0.25, 0.3) is 11.0 Å². The maximum Gasteiger partial charge on any atom is 0.191 e. The van der Waals surface area contributed by atoms with Gasteiger partial charge in [-0.25, -0.2) is 0 Å². The van der Waals surface area contributed by atoms with Crippen molar-refractivity contribution in [2.24, 2.45) is 4.99 Å². The Balaban J connectivity index is 0.00000261. The minimum absolute atomic E-state index is 0. The van der Waals surface area contributed by atoms with Crippen molar-refractivity contribution in [2.75, 3.05) is 13.1 Å². The van der Waals surface area contributed by atoms with Gasteiger partial charge >= 0.3 is 0 Å². The second-order valence-corrected chi connectivity index (χ2v) is 6.23. The summed E-state index contributed by atoms with van der Waals surface area (Å²) in [4.78, 5) is 4.63. The minimum Gasteiger partial charge on any atom is -0.508 e. The van der Waals surface area contributed by atoms with E-state index in [1.807, 2.05) is 43.3 Å². The van der Waals surface area contributed by atoms with Gasteiger partial charge in [0.25, 0.3) is 0 Å². The average Bonchev–Trinajstić information content (AvgIpc) is 3.06. The molecule has 2 aromatic carbocycles. The number of fused-ring (bicyclic) bond motifs is 1. The summed E-state index contributed by atoms with van der Waals surface area (Å²) in [5, 5.41) is 17.3. The molecule has 0 amide bonds. The molecule has 1 atom stereocenters. The van der Waals surface area contributed by atoms with Gasteiger partial charge in [-0.2, -0.15) is 0 Å². The predicted octanol–water partition coefficient (Wildman–Crippen LogP) is 4.62. The number of guanidine groups is 1. The lowest BCUT2D eigenvalue weighted by Gasteiger charge is -2.16. The largest absolute Gasteiger partial charge is 0.508 e. The van der Waals surface area contributed by atoms with Crippen molar-refractivity contribution in [2.45, 2.75) is 26.3 Å². The number of halogens is 1. The van der Waals surface area contributed by atoms with Crippen molar-refractivity contribution in [1.82, 2.24) is 10.6 Å². The second-order valence-electron chi connectivity index (χ2n) is 6.23. The number of rotatable bonds is 6. The number of aliphatic imine (C=N–C) groups is 1. The number of phenolic OH excluding ortho intramolecular Hbond substituents is 1. The molecule has 27 heavy (non-hydrogen) atoms. The van der Waals surface area contributed by atoms with Crippen LogP contribution < -0.4 is 10.6 Å². The molecule has 0 radical (unpaired) electrons. The highest BCUT2D eigenvalue weighted by molar-refractivity contribution is 14.0. The number of nitrogens with one attached hydrogen (secondary N) is 2. The highest BCUT2D eigenvalue weighted by Crippen LogP contribution is 2.23. The number of aromatic hydroxyl groups is 1. The van der Waals surface area contributed by atoms with Crippen LogP contribution in [0.3, 0.4) is 0 Å². The van der Waals surface area contributed by atoms with Gasteiger partial charge in [-0.05, 0) is 50.1 Å². The van der Waals surface area contributed by atoms with E-state index in [-0.39, 0.29) is 35.8 Å². The normalized spacial score (nSPS) is 12.4. The van der Waals surface area contributed by atoms with E-state index >= 15 is 0 Å². The first kappa shape index (κ1) is 21.1. The van der Waals surface area contributed by atoms with Crippen LogP contribution in [0.4, 0.5) is 0 Å². The number of nitrogens with zero attached hydrogens (tertiary/aromatic N) is 1. The summed E-state index contributed by atoms with van der Waals surface area (Å²) in [6, 6.07) is 17.3. The fourth-order valence-electron chi connectivity index (χ4n) is 2.82. The van der Waals surface area contributed by atoms with Crippen LogP contribution in [0.2, 0.25) is 0 Å². The van der Waals surface area contributed by atoms with Gasteiger partial charge in [0.2, 0.25) is 0 Å². The lowest BCUT2D eigenvalue weighted by Crippen LogP contribution is -2.38. The molecule has 144 valence electrons. The summed E-state index contributed by atoms with van der Waals surface area (Å²) in [7, 11) is 0. The molecule has 0 saturated carbocycles. The Kier molecular flexibility index (Phi) is 7.97. The lowest BCUT2D eigenvalue weighted by atomic mass is 10.1. The van der Waals surface area contributed by atoms with Crippen LogP contribution in [0.15, 0.2) is 64.0 Å². The number of phenols is 1. The topological polar surface area (TPSA) is 69.8 Å². The van der Waals surface area contributed by atoms with Crippen molar-refractivity contribution < 1.29 is 9.52 Å². The highest BCUT2D eigenvalue weighted by Gasteiger charge is 2.12. The van der Waals surface area contributed by atoms with Crippen LogP contribution in [0, 0.1) is 0 Å². The molecule has 0 spiro atoms. The van der Waals surface area contributed by atoms with E-state index in [0.29, 0.717) is 6.54 Å². The van der Waals surface area contributed by atoms with E-state index in [4.69, 9.17) is 4.42 Å². The summed E-state index contributed by atoms with van der Waals surface area (Å²) >= 11 is 0. The van der Waals surface area contributed by atoms with Gasteiger partial charge in [0, 0.05) is 18.5 Å². The highest BCUT2D eigenvalue weighted by atomic mass is 127. The van der Waals surface area contributed by atoms with Crippen LogP contribution in [0.5, 0.6) is 5.75 Å². The first-order chi connectivity index (χ1) is 12.7. The third-order valence-corrected chi connectivity index (χ3v) is 4.15. The van der Waals surface area contributed by atoms with E-state index in [1.165, 1.54) is 0 Å². The van der Waals surface area contributed by atoms with Gasteiger partial charge in [0.15, 0.2) is 5.96 Å². The fraction of sp³-hybridized carbons (Fsp3) is 0.286. The lowest BCUT2D eigenvalue weighted by molar-refractivity contribution is 0.474. The first-order valence-electron chi connectivity index (χ1n) is 8.97. The van der Waals surface area contributed by atoms with Crippen molar-refractivity contribution >= 4 is 40.9 Å². The third kappa shape index (κ3) is 5.89. The molecular weight excluding hydrogens is 453 g/mol. The SMILES string of the molecule is CCNC(=NCCc1cccc(O)c1)NC(C)c1cc2ccccc2o1.I. The Hall–Kier alpha value is -2.22. The van der Waals surface area contributed by atoms with Crippen molar-refractivity contribution in [3.63, 3.8) is 0 Å². The molecule has 6 heteroatoms. The molecular formula is C21H26IN3O2. The summed E-state index contributed by atoms with van der Waals surface area (Å²) < 4.78 is 5.92. The van der Waals surface area contributed by atoms with E-state index in [0.717, 1.165) is 41.2 Å². The fourth-order valence-corrected chi connectivity index (χ4v) is 2.82. The number of hydrogen-bond acceptors (Lipinski definition) is 3. The van der Waals surface area contributed by atoms with Gasteiger partial charge in [0.05, 0.1) is 6.04 Å². The van der Waals surface area contributed by atoms with Gasteiger partial charge in [-0.15, -0.1) is 24.0 Å². The maximum absolute atomic E-state index is 9.54. The molecule has 0 aliphatic rings. The summed E-state index contributed by atoms with van der Waals surface area (Å²) in [6.45, 7) is 5.51. The van der Waals surface area contributed by atoms with E-state index in [9.17, 15) is 5.11 Å². The quantitative estimate of drug-likeness (QED) is 0.274. The van der Waals surface area contributed by atoms with Crippen molar-refractivity contribution in [3.8, 4) is 5.75 Å². The van der Waals surface area contributed by atoms with Gasteiger partial charge in [0.1, 0.15) is 17.1 Å². The zero-order valence-corrected chi connectivity index (χ0v) is 17.9. The van der Waals surface area contributed by atoms with Crippen LogP contribution in [-0.2, 0) is 6.42 Å². The zero-order valence-electron chi connectivity index (χ0n) is 15.6. The molecule has 3 N–H and O–H groups in total. The summed E-state index contributed by atoms with van der Waals surface area (Å²) in [6.07, 6.45) is 0.768. The molecule has 0 aliphatic carbocycles. The van der Waals surface area contributed by atoms with Crippen LogP contribution in [0.1, 0.15) is 31.2 Å². The van der Waals surface area contributed by atoms with Crippen LogP contribution >= 0.6 is 24.0 Å². The van der Waals surface area contributed by atoms with Gasteiger partial charge in [-0.3, -0.25) is 4.99 Å². The molecule has 1 unspecified atom stereocenters. The smallest absolute Gasteiger partial charge is 0.191 e. The van der Waals surface area contributed by atoms with Gasteiger partial charge in [-0.1, -0.05) is 30.3 Å². The minimum atomic E-state index is 0. The Morgan fingerprint density at radius 3 is 2.70 bits per heavy atom. The Labute approximate surface area is 176 Å². The van der Waals surface area contributed by atoms with Gasteiger partial charge < -0.3 is 20.2 Å². The molecule has 1 aromatic heterocycles. The average molecular weight is 479 g/mol. The molecule has 0 aliphatic heterocycles. The monoisotopic (exact) mass is 479 g/mol. The molecule has 3 rings (SSSR count). The third-order valence-electron chi connectivity index (χ3n) is 4.15. The molecule has 0 fully saturated rings. The van der Waals surface area contributed by atoms with E-state index in [2.05, 4.69) is 28.6 Å². The van der Waals surface area contributed by atoms with Crippen molar-refractivity contribution in [3.05, 3.63) is 65.9 Å². The molecule has 3 aromatic rings. The maximum atomic E-state index is 9.54. The first-order valence-corrected chi connectivity index (χ1v) is 8.97. The number of benzene rings is 2. The number of para-hydroxylation sites is 1. The summed E-state index contributed by atoms with van der Waals surface area (Å²) in [5.74, 6) is 1.92. The van der Waals surface area contributed by atoms with Crippen molar-refractivity contribution in [1.29, 1.82) is 0 Å². The van der Waals surface area contributed by atoms with Crippen LogP contribution in [-0.4, -0.2) is 24.2 Å². The molecule has 5 nitrogen and oxygen atoms in total. The van der Waals surface area contributed by atoms with E-state index in [1.54, 1.807) is 12.1 Å². The molecule has 1 heterocycles. The molecule has 0 bridgehead atoms. The predicted molar refractivity (Wildman–Crippen MR) is 121 cm³/mol. The Morgan fingerprint density at radius 2 is 1.96 bits per heavy atom. The Morgan fingerprint density at radius 1 is 1.15 bits per heavy atom.